The minimum absolute atomic E-state index is 0.179. The Kier molecular flexibility index (Phi) is 5.23. The van der Waals surface area contributed by atoms with Gasteiger partial charge in [0, 0.05) is 42.8 Å². The number of aryl methyl sites for hydroxylation is 1. The molecule has 8 heteroatoms. The summed E-state index contributed by atoms with van der Waals surface area (Å²) in [6.07, 6.45) is 3.80. The van der Waals surface area contributed by atoms with Crippen LogP contribution in [0.3, 0.4) is 0 Å². The Morgan fingerprint density at radius 1 is 1.06 bits per heavy atom. The fourth-order valence-corrected chi connectivity index (χ4v) is 4.43. The van der Waals surface area contributed by atoms with Crippen molar-refractivity contribution < 1.29 is 14.0 Å². The van der Waals surface area contributed by atoms with E-state index in [0.717, 1.165) is 56.0 Å². The monoisotopic (exact) mass is 421 g/mol. The van der Waals surface area contributed by atoms with Crippen molar-refractivity contribution in [3.05, 3.63) is 48.3 Å². The summed E-state index contributed by atoms with van der Waals surface area (Å²) >= 11 is 0. The van der Waals surface area contributed by atoms with E-state index in [1.54, 1.807) is 7.11 Å². The zero-order valence-corrected chi connectivity index (χ0v) is 18.0. The number of anilines is 2. The summed E-state index contributed by atoms with van der Waals surface area (Å²) in [7, 11) is 1.65. The van der Waals surface area contributed by atoms with Crippen LogP contribution in [0.1, 0.15) is 18.5 Å². The smallest absolute Gasteiger partial charge is 0.324 e. The van der Waals surface area contributed by atoms with Crippen molar-refractivity contribution >= 4 is 11.7 Å². The first-order chi connectivity index (χ1) is 15.1. The molecule has 3 aromatic rings. The molecule has 0 saturated carbocycles. The van der Waals surface area contributed by atoms with E-state index in [0.29, 0.717) is 18.4 Å². The van der Waals surface area contributed by atoms with E-state index >= 15 is 0 Å². The van der Waals surface area contributed by atoms with E-state index in [9.17, 15) is 0 Å². The molecular weight excluding hydrogens is 394 g/mol. The van der Waals surface area contributed by atoms with Crippen molar-refractivity contribution in [2.45, 2.75) is 25.4 Å². The minimum atomic E-state index is -0.179. The third kappa shape index (κ3) is 4.07. The number of aromatic nitrogens is 3. The zero-order valence-electron chi connectivity index (χ0n) is 18.0. The number of methoxy groups -OCH3 is 1. The van der Waals surface area contributed by atoms with Crippen LogP contribution in [0.5, 0.6) is 5.75 Å². The van der Waals surface area contributed by atoms with E-state index in [1.807, 2.05) is 37.4 Å². The Bertz CT molecular complexity index is 1040. The van der Waals surface area contributed by atoms with Crippen LogP contribution in [0.4, 0.5) is 11.7 Å². The van der Waals surface area contributed by atoms with E-state index < -0.39 is 0 Å². The van der Waals surface area contributed by atoms with Crippen molar-refractivity contribution in [3.8, 4) is 17.1 Å². The topological polar surface area (TPSA) is 76.8 Å². The quantitative estimate of drug-likeness (QED) is 0.635. The maximum absolute atomic E-state index is 6.30. The van der Waals surface area contributed by atoms with Crippen LogP contribution in [0.25, 0.3) is 11.4 Å². The summed E-state index contributed by atoms with van der Waals surface area (Å²) in [4.78, 5) is 13.5. The highest BCUT2D eigenvalue weighted by Gasteiger charge is 2.41. The molecule has 2 aliphatic rings. The molecule has 8 nitrogen and oxygen atoms in total. The van der Waals surface area contributed by atoms with E-state index in [-0.39, 0.29) is 5.60 Å². The van der Waals surface area contributed by atoms with Gasteiger partial charge in [-0.05, 0) is 44.0 Å². The second-order valence-corrected chi connectivity index (χ2v) is 8.23. The molecule has 31 heavy (non-hydrogen) atoms. The van der Waals surface area contributed by atoms with Crippen LogP contribution in [0, 0.1) is 6.92 Å². The number of hydrogen-bond acceptors (Lipinski definition) is 8. The van der Waals surface area contributed by atoms with Gasteiger partial charge in [0.1, 0.15) is 5.75 Å². The Morgan fingerprint density at radius 2 is 1.94 bits per heavy atom. The molecule has 2 fully saturated rings. The van der Waals surface area contributed by atoms with Gasteiger partial charge >= 0.3 is 6.01 Å². The third-order valence-corrected chi connectivity index (χ3v) is 6.18. The number of nitrogens with zero attached hydrogens (tertiary/aromatic N) is 5. The molecular formula is C23H27N5O3. The highest BCUT2D eigenvalue weighted by molar-refractivity contribution is 5.58. The predicted octanol–water partition coefficient (Wildman–Crippen LogP) is 3.32. The van der Waals surface area contributed by atoms with E-state index in [4.69, 9.17) is 14.0 Å². The lowest BCUT2D eigenvalue weighted by atomic mass is 9.89. The molecule has 1 spiro atoms. The summed E-state index contributed by atoms with van der Waals surface area (Å²) in [5.74, 6) is 1.34. The number of hydrogen-bond donors (Lipinski definition) is 0. The fourth-order valence-electron chi connectivity index (χ4n) is 4.43. The maximum atomic E-state index is 6.30. The van der Waals surface area contributed by atoms with Gasteiger partial charge in [0.15, 0.2) is 0 Å². The van der Waals surface area contributed by atoms with Crippen molar-refractivity contribution in [2.24, 2.45) is 0 Å². The van der Waals surface area contributed by atoms with Crippen molar-refractivity contribution in [2.75, 3.05) is 49.7 Å². The molecule has 4 heterocycles. The molecule has 0 bridgehead atoms. The maximum Gasteiger partial charge on any atom is 0.324 e. The van der Waals surface area contributed by atoms with Crippen molar-refractivity contribution in [3.63, 3.8) is 0 Å². The predicted molar refractivity (Wildman–Crippen MR) is 118 cm³/mol. The van der Waals surface area contributed by atoms with Gasteiger partial charge in [0.25, 0.3) is 0 Å². The summed E-state index contributed by atoms with van der Waals surface area (Å²) in [6.45, 7) is 6.10. The summed E-state index contributed by atoms with van der Waals surface area (Å²) < 4.78 is 17.2. The summed E-state index contributed by atoms with van der Waals surface area (Å²) in [6, 6.07) is 12.5. The lowest BCUT2D eigenvalue weighted by Gasteiger charge is -2.47. The molecule has 2 saturated heterocycles. The first kappa shape index (κ1) is 19.8. The number of piperidine rings is 1. The first-order valence-corrected chi connectivity index (χ1v) is 10.7. The van der Waals surface area contributed by atoms with Gasteiger partial charge in [-0.1, -0.05) is 17.3 Å². The lowest BCUT2D eigenvalue weighted by molar-refractivity contribution is -0.0716. The average molecular weight is 422 g/mol. The molecule has 0 atom stereocenters. The Hall–Kier alpha value is -3.13. The number of rotatable bonds is 4. The van der Waals surface area contributed by atoms with E-state index in [2.05, 4.69) is 37.1 Å². The lowest BCUT2D eigenvalue weighted by Crippen LogP contribution is -2.57. The highest BCUT2D eigenvalue weighted by atomic mass is 16.5. The van der Waals surface area contributed by atoms with Crippen LogP contribution >= 0.6 is 0 Å². The van der Waals surface area contributed by atoms with Crippen LogP contribution in [-0.4, -0.2) is 60.6 Å². The molecule has 0 unspecified atom stereocenters. The number of morpholine rings is 1. The van der Waals surface area contributed by atoms with E-state index in [1.165, 1.54) is 5.69 Å². The molecule has 2 aromatic heterocycles. The first-order valence-electron chi connectivity index (χ1n) is 10.7. The molecule has 162 valence electrons. The molecule has 1 aromatic carbocycles. The molecule has 5 rings (SSSR count). The molecule has 0 amide bonds. The molecule has 0 N–H and O–H groups in total. The van der Waals surface area contributed by atoms with Gasteiger partial charge in [-0.25, -0.2) is 0 Å². The number of benzene rings is 1. The second kappa shape index (κ2) is 8.19. The van der Waals surface area contributed by atoms with Crippen LogP contribution in [-0.2, 0) is 4.74 Å². The third-order valence-electron chi connectivity index (χ3n) is 6.18. The van der Waals surface area contributed by atoms with Gasteiger partial charge < -0.3 is 23.8 Å². The van der Waals surface area contributed by atoms with Gasteiger partial charge in [-0.3, -0.25) is 4.98 Å². The highest BCUT2D eigenvalue weighted by Crippen LogP contribution is 2.34. The molecule has 0 aliphatic carbocycles. The normalized spacial score (nSPS) is 18.4. The van der Waals surface area contributed by atoms with Crippen LogP contribution in [0.2, 0.25) is 0 Å². The standard InChI is InChI=1S/C23H27N5O3/c1-17-14-19(6-9-24-17)27-10-7-23(8-11-27)16-28(12-13-30-23)22-25-21(26-31-22)18-4-3-5-20(15-18)29-2/h3-6,9,14-15H,7-8,10-13,16H2,1-2H3. The molecule has 0 radical (unpaired) electrons. The second-order valence-electron chi connectivity index (χ2n) is 8.23. The number of pyridine rings is 1. The largest absolute Gasteiger partial charge is 0.497 e. The Morgan fingerprint density at radius 3 is 2.74 bits per heavy atom. The van der Waals surface area contributed by atoms with Gasteiger partial charge in [-0.2, -0.15) is 4.98 Å². The van der Waals surface area contributed by atoms with Gasteiger partial charge in [-0.15, -0.1) is 0 Å². The van der Waals surface area contributed by atoms with Crippen LogP contribution in [0.15, 0.2) is 47.1 Å². The number of ether oxygens (including phenoxy) is 2. The Balaban J connectivity index is 1.27. The Labute approximate surface area is 181 Å². The SMILES string of the molecule is COc1cccc(-c2noc(N3CCOC4(CCN(c5ccnc(C)c5)CC4)C3)n2)c1. The minimum Gasteiger partial charge on any atom is -0.497 e. The molecule has 2 aliphatic heterocycles. The zero-order chi connectivity index (χ0) is 21.3. The summed E-state index contributed by atoms with van der Waals surface area (Å²) in [5.41, 5.74) is 2.97. The van der Waals surface area contributed by atoms with Crippen LogP contribution < -0.4 is 14.5 Å². The fraction of sp³-hybridized carbons (Fsp3) is 0.435. The van der Waals surface area contributed by atoms with Crippen molar-refractivity contribution in [1.82, 2.24) is 15.1 Å². The average Bonchev–Trinajstić information content (AvgIpc) is 3.30. The summed E-state index contributed by atoms with van der Waals surface area (Å²) in [5, 5.41) is 4.19. The van der Waals surface area contributed by atoms with Crippen molar-refractivity contribution in [1.29, 1.82) is 0 Å². The van der Waals surface area contributed by atoms with Gasteiger partial charge in [0.2, 0.25) is 5.82 Å². The van der Waals surface area contributed by atoms with Gasteiger partial charge in [0.05, 0.1) is 25.9 Å².